The second-order valence-electron chi connectivity index (χ2n) is 6.47. The van der Waals surface area contributed by atoms with Crippen molar-refractivity contribution in [3.63, 3.8) is 0 Å². The Kier molecular flexibility index (Phi) is 7.83. The van der Waals surface area contributed by atoms with Crippen molar-refractivity contribution < 1.29 is 16.8 Å². The first-order valence-corrected chi connectivity index (χ1v) is 12.5. The van der Waals surface area contributed by atoms with Crippen LogP contribution in [0.2, 0.25) is 0 Å². The van der Waals surface area contributed by atoms with Crippen LogP contribution in [-0.4, -0.2) is 40.8 Å². The number of hydrogen-bond donors (Lipinski definition) is 2. The van der Waals surface area contributed by atoms with Crippen LogP contribution in [-0.2, 0) is 20.0 Å². The highest BCUT2D eigenvalue weighted by Gasteiger charge is 2.24. The SMILES string of the molecule is CCCNc1ccc(S(=O)(=O)N(CC)CC)cc1NS(=O)(=O)c1cccc(C#N)c1. The van der Waals surface area contributed by atoms with E-state index in [0.29, 0.717) is 25.3 Å². The van der Waals surface area contributed by atoms with E-state index in [9.17, 15) is 16.8 Å². The lowest BCUT2D eigenvalue weighted by Gasteiger charge is -2.20. The third kappa shape index (κ3) is 5.30. The van der Waals surface area contributed by atoms with Crippen LogP contribution in [0.4, 0.5) is 11.4 Å². The number of hydrogen-bond acceptors (Lipinski definition) is 6. The van der Waals surface area contributed by atoms with Crippen LogP contribution in [0.3, 0.4) is 0 Å². The fraction of sp³-hybridized carbons (Fsp3) is 0.350. The van der Waals surface area contributed by atoms with Crippen molar-refractivity contribution in [2.45, 2.75) is 37.0 Å². The van der Waals surface area contributed by atoms with E-state index < -0.39 is 20.0 Å². The molecular formula is C20H26N4O4S2. The Balaban J connectivity index is 2.54. The highest BCUT2D eigenvalue weighted by molar-refractivity contribution is 7.92. The number of nitriles is 1. The predicted molar refractivity (Wildman–Crippen MR) is 117 cm³/mol. The zero-order valence-electron chi connectivity index (χ0n) is 17.2. The molecule has 2 rings (SSSR count). The van der Waals surface area contributed by atoms with E-state index in [1.807, 2.05) is 13.0 Å². The highest BCUT2D eigenvalue weighted by atomic mass is 32.2. The molecule has 2 N–H and O–H groups in total. The number of nitrogens with zero attached hydrogens (tertiary/aromatic N) is 2. The zero-order chi connectivity index (χ0) is 22.4. The van der Waals surface area contributed by atoms with Crippen molar-refractivity contribution in [1.82, 2.24) is 4.31 Å². The van der Waals surface area contributed by atoms with Crippen LogP contribution >= 0.6 is 0 Å². The molecule has 0 aliphatic rings. The topological polar surface area (TPSA) is 119 Å². The average Bonchev–Trinajstić information content (AvgIpc) is 2.73. The number of sulfonamides is 2. The summed E-state index contributed by atoms with van der Waals surface area (Å²) < 4.78 is 55.3. The van der Waals surface area contributed by atoms with Gasteiger partial charge in [-0.1, -0.05) is 26.8 Å². The second kappa shape index (κ2) is 9.93. The van der Waals surface area contributed by atoms with Crippen molar-refractivity contribution in [3.05, 3.63) is 48.0 Å². The molecule has 0 saturated carbocycles. The molecule has 0 atom stereocenters. The molecule has 0 aromatic heterocycles. The lowest BCUT2D eigenvalue weighted by molar-refractivity contribution is 0.445. The second-order valence-corrected chi connectivity index (χ2v) is 10.1. The summed E-state index contributed by atoms with van der Waals surface area (Å²) in [7, 11) is -7.80. The minimum absolute atomic E-state index is 0.00303. The Morgan fingerprint density at radius 2 is 1.63 bits per heavy atom. The number of benzene rings is 2. The average molecular weight is 451 g/mol. The Morgan fingerprint density at radius 1 is 0.933 bits per heavy atom. The molecule has 10 heteroatoms. The van der Waals surface area contributed by atoms with Crippen LogP contribution in [0, 0.1) is 11.3 Å². The standard InChI is InChI=1S/C20H26N4O4S2/c1-4-12-22-19-11-10-18(30(27,28)24(5-2)6-3)14-20(19)23-29(25,26)17-9-7-8-16(13-17)15-21/h7-11,13-14,22-23H,4-6,12H2,1-3H3. The Hall–Kier alpha value is -2.61. The monoisotopic (exact) mass is 450 g/mol. The van der Waals surface area contributed by atoms with Crippen molar-refractivity contribution in [3.8, 4) is 6.07 Å². The Labute approximate surface area is 178 Å². The maximum absolute atomic E-state index is 12.9. The van der Waals surface area contributed by atoms with Crippen molar-refractivity contribution >= 4 is 31.4 Å². The molecule has 0 spiro atoms. The first kappa shape index (κ1) is 23.7. The lowest BCUT2D eigenvalue weighted by Crippen LogP contribution is -2.30. The van der Waals surface area contributed by atoms with E-state index in [0.717, 1.165) is 6.42 Å². The smallest absolute Gasteiger partial charge is 0.262 e. The molecule has 0 radical (unpaired) electrons. The van der Waals surface area contributed by atoms with Crippen LogP contribution in [0.5, 0.6) is 0 Å². The predicted octanol–water partition coefficient (Wildman–Crippen LogP) is 3.21. The maximum atomic E-state index is 12.9. The number of nitrogens with one attached hydrogen (secondary N) is 2. The molecular weight excluding hydrogens is 424 g/mol. The summed E-state index contributed by atoms with van der Waals surface area (Å²) in [4.78, 5) is -0.0864. The molecule has 0 amide bonds. The maximum Gasteiger partial charge on any atom is 0.262 e. The molecule has 0 aliphatic heterocycles. The largest absolute Gasteiger partial charge is 0.383 e. The number of anilines is 2. The fourth-order valence-corrected chi connectivity index (χ4v) is 5.43. The normalized spacial score (nSPS) is 11.8. The van der Waals surface area contributed by atoms with E-state index in [-0.39, 0.29) is 21.0 Å². The van der Waals surface area contributed by atoms with Gasteiger partial charge < -0.3 is 5.32 Å². The van der Waals surface area contributed by atoms with Gasteiger partial charge in [0, 0.05) is 19.6 Å². The quantitative estimate of drug-likeness (QED) is 0.574. The van der Waals surface area contributed by atoms with Gasteiger partial charge in [0.2, 0.25) is 10.0 Å². The van der Waals surface area contributed by atoms with Gasteiger partial charge in [-0.3, -0.25) is 4.72 Å². The summed E-state index contributed by atoms with van der Waals surface area (Å²) in [5.41, 5.74) is 0.800. The van der Waals surface area contributed by atoms with Crippen LogP contribution < -0.4 is 10.0 Å². The third-order valence-corrected chi connectivity index (χ3v) is 7.83. The molecule has 162 valence electrons. The Morgan fingerprint density at radius 3 is 2.23 bits per heavy atom. The van der Waals surface area contributed by atoms with E-state index >= 15 is 0 Å². The summed E-state index contributed by atoms with van der Waals surface area (Å²) in [6, 6.07) is 11.9. The van der Waals surface area contributed by atoms with E-state index in [1.165, 1.54) is 40.7 Å². The minimum atomic E-state index is -4.04. The molecule has 0 heterocycles. The summed E-state index contributed by atoms with van der Waals surface area (Å²) >= 11 is 0. The molecule has 8 nitrogen and oxygen atoms in total. The molecule has 0 saturated heterocycles. The van der Waals surface area contributed by atoms with Crippen molar-refractivity contribution in [2.24, 2.45) is 0 Å². The van der Waals surface area contributed by atoms with Gasteiger partial charge in [0.05, 0.1) is 32.8 Å². The van der Waals surface area contributed by atoms with Crippen molar-refractivity contribution in [2.75, 3.05) is 29.7 Å². The van der Waals surface area contributed by atoms with E-state index in [4.69, 9.17) is 5.26 Å². The van der Waals surface area contributed by atoms with Gasteiger partial charge in [-0.25, -0.2) is 16.8 Å². The minimum Gasteiger partial charge on any atom is -0.383 e. The highest BCUT2D eigenvalue weighted by Crippen LogP contribution is 2.29. The van der Waals surface area contributed by atoms with Gasteiger partial charge in [0.1, 0.15) is 0 Å². The zero-order valence-corrected chi connectivity index (χ0v) is 18.8. The summed E-state index contributed by atoms with van der Waals surface area (Å²) in [5.74, 6) is 0. The lowest BCUT2D eigenvalue weighted by atomic mass is 10.2. The first-order valence-electron chi connectivity index (χ1n) is 9.60. The summed E-state index contributed by atoms with van der Waals surface area (Å²) in [6.07, 6.45) is 0.801. The van der Waals surface area contributed by atoms with Crippen LogP contribution in [0.1, 0.15) is 32.8 Å². The summed E-state index contributed by atoms with van der Waals surface area (Å²) in [6.45, 7) is 6.63. The van der Waals surface area contributed by atoms with Gasteiger partial charge in [0.25, 0.3) is 10.0 Å². The summed E-state index contributed by atoms with van der Waals surface area (Å²) in [5, 5.41) is 12.1. The van der Waals surface area contributed by atoms with Gasteiger partial charge in [-0.15, -0.1) is 0 Å². The van der Waals surface area contributed by atoms with Crippen LogP contribution in [0.25, 0.3) is 0 Å². The van der Waals surface area contributed by atoms with Gasteiger partial charge in [-0.05, 0) is 42.8 Å². The molecule has 0 aliphatic carbocycles. The Bertz CT molecular complexity index is 1140. The molecule has 0 bridgehead atoms. The molecule has 2 aromatic carbocycles. The molecule has 0 fully saturated rings. The van der Waals surface area contributed by atoms with Gasteiger partial charge in [-0.2, -0.15) is 9.57 Å². The van der Waals surface area contributed by atoms with Crippen LogP contribution in [0.15, 0.2) is 52.3 Å². The fourth-order valence-electron chi connectivity index (χ4n) is 2.83. The van der Waals surface area contributed by atoms with Gasteiger partial charge in [0.15, 0.2) is 0 Å². The molecule has 30 heavy (non-hydrogen) atoms. The van der Waals surface area contributed by atoms with E-state index in [1.54, 1.807) is 19.9 Å². The molecule has 0 unspecified atom stereocenters. The first-order chi connectivity index (χ1) is 14.2. The molecule has 2 aromatic rings. The van der Waals surface area contributed by atoms with E-state index in [2.05, 4.69) is 10.0 Å². The van der Waals surface area contributed by atoms with Crippen molar-refractivity contribution in [1.29, 1.82) is 5.26 Å². The third-order valence-electron chi connectivity index (χ3n) is 4.42. The van der Waals surface area contributed by atoms with Gasteiger partial charge >= 0.3 is 0 Å². The number of rotatable bonds is 10.